The molecule has 2 aromatic carbocycles. The predicted molar refractivity (Wildman–Crippen MR) is 136 cm³/mol. The minimum Gasteiger partial charge on any atom is -0.493 e. The van der Waals surface area contributed by atoms with Crippen molar-refractivity contribution in [2.45, 2.75) is 46.1 Å². The zero-order valence-corrected chi connectivity index (χ0v) is 20.0. The van der Waals surface area contributed by atoms with E-state index in [2.05, 4.69) is 42.7 Å². The maximum atomic E-state index is 10.7. The minimum atomic E-state index is -0.749. The van der Waals surface area contributed by atoms with E-state index < -0.39 is 5.97 Å². The van der Waals surface area contributed by atoms with Gasteiger partial charge in [0.15, 0.2) is 0 Å². The van der Waals surface area contributed by atoms with Gasteiger partial charge in [0.25, 0.3) is 0 Å². The summed E-state index contributed by atoms with van der Waals surface area (Å²) in [7, 11) is 0. The fourth-order valence-corrected chi connectivity index (χ4v) is 3.70. The lowest BCUT2D eigenvalue weighted by atomic mass is 10.1. The number of carboxylic acid groups (broad SMARTS) is 1. The summed E-state index contributed by atoms with van der Waals surface area (Å²) in [5, 5.41) is 8.77. The Morgan fingerprint density at radius 2 is 1.82 bits per heavy atom. The van der Waals surface area contributed by atoms with Crippen molar-refractivity contribution in [1.29, 1.82) is 0 Å². The molecule has 1 heterocycles. The third kappa shape index (κ3) is 6.88. The molecule has 0 amide bonds. The molecule has 1 N–H and O–H groups in total. The van der Waals surface area contributed by atoms with Crippen LogP contribution in [0.15, 0.2) is 89.7 Å². The van der Waals surface area contributed by atoms with Gasteiger partial charge in [-0.05, 0) is 56.9 Å². The number of furan rings is 1. The molecule has 34 heavy (non-hydrogen) atoms. The summed E-state index contributed by atoms with van der Waals surface area (Å²) in [5.74, 6) is 0.935. The molecular weight excluding hydrogens is 426 g/mol. The van der Waals surface area contributed by atoms with E-state index in [1.807, 2.05) is 49.4 Å². The molecule has 0 aliphatic rings. The quantitative estimate of drug-likeness (QED) is 0.270. The summed E-state index contributed by atoms with van der Waals surface area (Å²) in [4.78, 5) is 12.8. The van der Waals surface area contributed by atoms with Crippen LogP contribution in [-0.4, -0.2) is 22.6 Å². The van der Waals surface area contributed by atoms with Gasteiger partial charge in [-0.2, -0.15) is 0 Å². The first-order valence-electron chi connectivity index (χ1n) is 11.7. The summed E-state index contributed by atoms with van der Waals surface area (Å²) in [6, 6.07) is 20.1. The number of unbranched alkanes of at least 4 members (excludes halogenated alkanes) is 2. The Morgan fingerprint density at radius 3 is 2.50 bits per heavy atom. The second-order valence-corrected chi connectivity index (χ2v) is 8.18. The summed E-state index contributed by atoms with van der Waals surface area (Å²) in [6.45, 7) is 9.69. The maximum Gasteiger partial charge on any atom is 0.303 e. The van der Waals surface area contributed by atoms with Crippen LogP contribution in [0.3, 0.4) is 0 Å². The van der Waals surface area contributed by atoms with Crippen LogP contribution in [0.1, 0.15) is 50.7 Å². The Balaban J connectivity index is 1.69. The number of hydrogen-bond donors (Lipinski definition) is 1. The van der Waals surface area contributed by atoms with Crippen molar-refractivity contribution < 1.29 is 19.1 Å². The number of para-hydroxylation sites is 1. The Morgan fingerprint density at radius 1 is 1.06 bits per heavy atom. The van der Waals surface area contributed by atoms with Crippen LogP contribution in [0.25, 0.3) is 17.0 Å². The third-order valence-electron chi connectivity index (χ3n) is 5.79. The van der Waals surface area contributed by atoms with Crippen LogP contribution in [-0.2, 0) is 11.3 Å². The fourth-order valence-electron chi connectivity index (χ4n) is 3.70. The van der Waals surface area contributed by atoms with Gasteiger partial charge in [0, 0.05) is 28.9 Å². The van der Waals surface area contributed by atoms with E-state index in [4.69, 9.17) is 14.3 Å². The Labute approximate surface area is 202 Å². The van der Waals surface area contributed by atoms with Crippen LogP contribution >= 0.6 is 0 Å². The lowest BCUT2D eigenvalue weighted by Gasteiger charge is -2.29. The summed E-state index contributed by atoms with van der Waals surface area (Å²) < 4.78 is 11.6. The molecule has 3 aromatic rings. The van der Waals surface area contributed by atoms with E-state index in [-0.39, 0.29) is 6.42 Å². The lowest BCUT2D eigenvalue weighted by molar-refractivity contribution is -0.137. The van der Waals surface area contributed by atoms with Gasteiger partial charge < -0.3 is 19.2 Å². The molecule has 0 aliphatic carbocycles. The molecule has 0 saturated carbocycles. The predicted octanol–water partition coefficient (Wildman–Crippen LogP) is 7.37. The molecule has 0 saturated heterocycles. The van der Waals surface area contributed by atoms with E-state index in [0.717, 1.165) is 52.4 Å². The summed E-state index contributed by atoms with van der Waals surface area (Å²) in [5.41, 5.74) is 5.14. The monoisotopic (exact) mass is 459 g/mol. The molecule has 5 heteroatoms. The van der Waals surface area contributed by atoms with Gasteiger partial charge >= 0.3 is 5.97 Å². The highest BCUT2D eigenvalue weighted by molar-refractivity contribution is 5.68. The number of nitrogens with zero attached hydrogens (tertiary/aromatic N) is 1. The van der Waals surface area contributed by atoms with Crippen LogP contribution in [0.5, 0.6) is 5.75 Å². The van der Waals surface area contributed by atoms with E-state index in [1.54, 1.807) is 6.26 Å². The zero-order chi connectivity index (χ0) is 24.3. The number of hydrogen-bond acceptors (Lipinski definition) is 4. The van der Waals surface area contributed by atoms with Gasteiger partial charge in [0.05, 0.1) is 19.4 Å². The third-order valence-corrected chi connectivity index (χ3v) is 5.79. The van der Waals surface area contributed by atoms with Crippen molar-refractivity contribution in [2.75, 3.05) is 6.61 Å². The largest absolute Gasteiger partial charge is 0.493 e. The lowest BCUT2D eigenvalue weighted by Crippen LogP contribution is -2.20. The van der Waals surface area contributed by atoms with E-state index >= 15 is 0 Å². The highest BCUT2D eigenvalue weighted by atomic mass is 16.5. The second kappa shape index (κ2) is 12.5. The minimum absolute atomic E-state index is 0.207. The van der Waals surface area contributed by atoms with Gasteiger partial charge in [-0.15, -0.1) is 0 Å². The molecular formula is C29H33NO4. The summed E-state index contributed by atoms with van der Waals surface area (Å²) in [6.07, 6.45) is 6.30. The van der Waals surface area contributed by atoms with Crippen molar-refractivity contribution in [3.63, 3.8) is 0 Å². The first-order valence-corrected chi connectivity index (χ1v) is 11.7. The number of benzene rings is 2. The zero-order valence-electron chi connectivity index (χ0n) is 20.0. The number of ether oxygens (including phenoxy) is 1. The van der Waals surface area contributed by atoms with Gasteiger partial charge in [-0.25, -0.2) is 0 Å². The van der Waals surface area contributed by atoms with Crippen LogP contribution in [0, 0.1) is 0 Å². The highest BCUT2D eigenvalue weighted by Crippen LogP contribution is 2.29. The average Bonchev–Trinajstić information content (AvgIpc) is 3.39. The first-order chi connectivity index (χ1) is 16.5. The Hall–Kier alpha value is -3.73. The molecule has 3 rings (SSSR count). The molecule has 0 aliphatic heterocycles. The number of carboxylic acids is 1. The highest BCUT2D eigenvalue weighted by Gasteiger charge is 2.15. The number of carbonyl (C=O) groups is 1. The summed E-state index contributed by atoms with van der Waals surface area (Å²) >= 11 is 0. The number of aliphatic carboxylic acids is 1. The normalized spacial score (nSPS) is 11.3. The van der Waals surface area contributed by atoms with Gasteiger partial charge in [-0.3, -0.25) is 4.79 Å². The smallest absolute Gasteiger partial charge is 0.303 e. The van der Waals surface area contributed by atoms with Crippen molar-refractivity contribution in [3.05, 3.63) is 96.4 Å². The van der Waals surface area contributed by atoms with Crippen molar-refractivity contribution in [2.24, 2.45) is 0 Å². The molecule has 0 bridgehead atoms. The van der Waals surface area contributed by atoms with Gasteiger partial charge in [0.2, 0.25) is 0 Å². The molecule has 1 aromatic heterocycles. The standard InChI is InChI=1S/C29H33NO4/c1-4-22(2)30(23(3)24-15-17-25(18-16-24)27-13-10-20-34-27)21-26-11-7-8-12-28(26)33-19-9-5-6-14-29(31)32/h4,7-8,10-13,15-18,20H,3,5-6,9,14,19,21H2,1-2H3,(H,31,32)/b22-4-. The van der Waals surface area contributed by atoms with E-state index in [0.29, 0.717) is 19.6 Å². The Kier molecular flexibility index (Phi) is 9.15. The van der Waals surface area contributed by atoms with Crippen LogP contribution in [0.2, 0.25) is 0 Å². The molecule has 0 spiro atoms. The van der Waals surface area contributed by atoms with Crippen molar-refractivity contribution in [3.8, 4) is 17.1 Å². The molecule has 5 nitrogen and oxygen atoms in total. The topological polar surface area (TPSA) is 62.9 Å². The van der Waals surface area contributed by atoms with E-state index in [9.17, 15) is 4.79 Å². The van der Waals surface area contributed by atoms with Gasteiger partial charge in [-0.1, -0.05) is 55.1 Å². The number of rotatable bonds is 13. The Bertz CT molecular complexity index is 1100. The van der Waals surface area contributed by atoms with Crippen molar-refractivity contribution >= 4 is 11.7 Å². The molecule has 0 atom stereocenters. The first kappa shape index (κ1) is 24.9. The second-order valence-electron chi connectivity index (χ2n) is 8.18. The molecule has 0 radical (unpaired) electrons. The van der Waals surface area contributed by atoms with Crippen molar-refractivity contribution in [1.82, 2.24) is 4.90 Å². The number of allylic oxidation sites excluding steroid dienone is 2. The maximum absolute atomic E-state index is 10.7. The van der Waals surface area contributed by atoms with Crippen LogP contribution in [0.4, 0.5) is 0 Å². The fraction of sp³-hybridized carbons (Fsp3) is 0.276. The molecule has 0 fully saturated rings. The van der Waals surface area contributed by atoms with Gasteiger partial charge in [0.1, 0.15) is 11.5 Å². The molecule has 178 valence electrons. The average molecular weight is 460 g/mol. The SMILES string of the molecule is C=C(c1ccc(-c2ccco2)cc1)N(Cc1ccccc1OCCCCCC(=O)O)/C(C)=C\C. The van der Waals surface area contributed by atoms with E-state index in [1.165, 1.54) is 0 Å². The molecule has 0 unspecified atom stereocenters. The van der Waals surface area contributed by atoms with Crippen LogP contribution < -0.4 is 4.74 Å².